The molecule has 0 bridgehead atoms. The highest BCUT2D eigenvalue weighted by atomic mass is 16.6. The lowest BCUT2D eigenvalue weighted by Gasteiger charge is -2.20. The first-order valence-corrected chi connectivity index (χ1v) is 9.60. The molecular weight excluding hydrogens is 318 g/mol. The number of hydrogen-bond acceptors (Lipinski definition) is 4. The molecule has 1 saturated carbocycles. The minimum atomic E-state index is -0.469. The Morgan fingerprint density at radius 1 is 1.16 bits per heavy atom. The van der Waals surface area contributed by atoms with Crippen LogP contribution in [0.2, 0.25) is 0 Å². The predicted octanol–water partition coefficient (Wildman–Crippen LogP) is 1.55. The molecule has 1 aliphatic heterocycles. The third kappa shape index (κ3) is 7.94. The molecule has 0 aromatic rings. The van der Waals surface area contributed by atoms with E-state index in [1.807, 2.05) is 20.8 Å². The highest BCUT2D eigenvalue weighted by molar-refractivity contribution is 5.79. The van der Waals surface area contributed by atoms with Gasteiger partial charge in [-0.1, -0.05) is 0 Å². The lowest BCUT2D eigenvalue weighted by atomic mass is 10.1. The Labute approximate surface area is 152 Å². The molecule has 7 nitrogen and oxygen atoms in total. The van der Waals surface area contributed by atoms with E-state index in [1.54, 1.807) is 0 Å². The molecule has 0 spiro atoms. The van der Waals surface area contributed by atoms with Gasteiger partial charge in [0.2, 0.25) is 0 Å². The highest BCUT2D eigenvalue weighted by Crippen LogP contribution is 2.31. The topological polar surface area (TPSA) is 78.0 Å². The van der Waals surface area contributed by atoms with E-state index in [1.165, 1.54) is 32.4 Å². The van der Waals surface area contributed by atoms with Gasteiger partial charge in [-0.2, -0.15) is 0 Å². The third-order valence-corrected chi connectivity index (χ3v) is 4.32. The van der Waals surface area contributed by atoms with Crippen molar-refractivity contribution in [3.8, 4) is 0 Å². The second kappa shape index (κ2) is 9.27. The largest absolute Gasteiger partial charge is 0.444 e. The average molecular weight is 354 g/mol. The van der Waals surface area contributed by atoms with Gasteiger partial charge in [-0.15, -0.1) is 0 Å². The zero-order valence-corrected chi connectivity index (χ0v) is 16.2. The zero-order valence-electron chi connectivity index (χ0n) is 16.2. The number of amides is 1. The first-order chi connectivity index (χ1) is 11.9. The Hall–Kier alpha value is -1.50. The summed E-state index contributed by atoms with van der Waals surface area (Å²) in [5.74, 6) is 1.48. The maximum atomic E-state index is 11.6. The number of aliphatic imine (C=N–C) groups is 1. The molecule has 2 rings (SSSR count). The minimum absolute atomic E-state index is 0.387. The van der Waals surface area contributed by atoms with Crippen LogP contribution in [-0.2, 0) is 4.74 Å². The normalized spacial score (nSPS) is 21.9. The fourth-order valence-electron chi connectivity index (χ4n) is 3.00. The number of alkyl carbamates (subject to hydrolysis) is 1. The van der Waals surface area contributed by atoms with Crippen LogP contribution in [0.3, 0.4) is 0 Å². The summed E-state index contributed by atoms with van der Waals surface area (Å²) in [5.41, 5.74) is -0.469. The average Bonchev–Trinajstić information content (AvgIpc) is 3.26. The Morgan fingerprint density at radius 2 is 1.88 bits per heavy atom. The third-order valence-electron chi connectivity index (χ3n) is 4.32. The second-order valence-corrected chi connectivity index (χ2v) is 7.96. The van der Waals surface area contributed by atoms with Crippen molar-refractivity contribution in [2.45, 2.75) is 58.6 Å². The van der Waals surface area contributed by atoms with Crippen molar-refractivity contribution >= 4 is 12.1 Å². The second-order valence-electron chi connectivity index (χ2n) is 7.96. The Bertz CT molecular complexity index is 457. The molecule has 0 radical (unpaired) electrons. The summed E-state index contributed by atoms with van der Waals surface area (Å²) in [5, 5.41) is 9.27. The number of carbonyl (C=O) groups is 1. The molecular formula is C18H35N5O2. The highest BCUT2D eigenvalue weighted by Gasteiger charge is 2.34. The van der Waals surface area contributed by atoms with Crippen LogP contribution in [0.4, 0.5) is 4.79 Å². The number of carbonyl (C=O) groups excluding carboxylic acids is 1. The van der Waals surface area contributed by atoms with Crippen LogP contribution in [0.5, 0.6) is 0 Å². The van der Waals surface area contributed by atoms with Crippen molar-refractivity contribution in [3.05, 3.63) is 0 Å². The number of nitrogens with one attached hydrogen (secondary N) is 3. The van der Waals surface area contributed by atoms with E-state index >= 15 is 0 Å². The van der Waals surface area contributed by atoms with Crippen molar-refractivity contribution in [2.75, 3.05) is 39.3 Å². The predicted molar refractivity (Wildman–Crippen MR) is 101 cm³/mol. The van der Waals surface area contributed by atoms with Crippen LogP contribution < -0.4 is 16.0 Å². The van der Waals surface area contributed by atoms with Crippen molar-refractivity contribution in [1.29, 1.82) is 0 Å². The van der Waals surface area contributed by atoms with Gasteiger partial charge in [-0.05, 0) is 59.4 Å². The van der Waals surface area contributed by atoms with E-state index in [9.17, 15) is 4.79 Å². The summed E-state index contributed by atoms with van der Waals surface area (Å²) in [6.45, 7) is 12.8. The van der Waals surface area contributed by atoms with Gasteiger partial charge < -0.3 is 25.6 Å². The molecule has 3 N–H and O–H groups in total. The van der Waals surface area contributed by atoms with Gasteiger partial charge in [0.05, 0.1) is 0 Å². The molecule has 0 aromatic heterocycles. The SMILES string of the molecule is CCNC(=NCC1CCN(C2CC2)C1)NCCNC(=O)OC(C)(C)C. The number of rotatable bonds is 7. The van der Waals surface area contributed by atoms with Crippen molar-refractivity contribution < 1.29 is 9.53 Å². The molecule has 25 heavy (non-hydrogen) atoms. The van der Waals surface area contributed by atoms with Crippen LogP contribution >= 0.6 is 0 Å². The van der Waals surface area contributed by atoms with E-state index in [0.717, 1.165) is 25.1 Å². The summed E-state index contributed by atoms with van der Waals surface area (Å²) < 4.78 is 5.21. The van der Waals surface area contributed by atoms with Gasteiger partial charge in [-0.25, -0.2) is 4.79 Å². The smallest absolute Gasteiger partial charge is 0.407 e. The standard InChI is InChI=1S/C18H35N5O2/c1-5-19-16(20-9-10-21-17(24)25-18(2,3)4)22-12-14-8-11-23(13-14)15-6-7-15/h14-15H,5-13H2,1-4H3,(H,21,24)(H2,19,20,22). The van der Waals surface area contributed by atoms with Crippen LogP contribution in [-0.4, -0.2) is 67.9 Å². The Balaban J connectivity index is 1.64. The molecule has 2 fully saturated rings. The first kappa shape index (κ1) is 19.8. The number of ether oxygens (including phenoxy) is 1. The maximum Gasteiger partial charge on any atom is 0.407 e. The van der Waals surface area contributed by atoms with E-state index in [0.29, 0.717) is 19.0 Å². The van der Waals surface area contributed by atoms with E-state index in [4.69, 9.17) is 9.73 Å². The van der Waals surface area contributed by atoms with Crippen molar-refractivity contribution in [1.82, 2.24) is 20.9 Å². The summed E-state index contributed by atoms with van der Waals surface area (Å²) in [4.78, 5) is 18.9. The van der Waals surface area contributed by atoms with E-state index in [-0.39, 0.29) is 6.09 Å². The van der Waals surface area contributed by atoms with Crippen LogP contribution in [0.15, 0.2) is 4.99 Å². The van der Waals surface area contributed by atoms with Crippen LogP contribution in [0, 0.1) is 5.92 Å². The number of likely N-dealkylation sites (tertiary alicyclic amines) is 1. The maximum absolute atomic E-state index is 11.6. The lowest BCUT2D eigenvalue weighted by molar-refractivity contribution is 0.0529. The number of nitrogens with zero attached hydrogens (tertiary/aromatic N) is 2. The number of hydrogen-bond donors (Lipinski definition) is 3. The fourth-order valence-corrected chi connectivity index (χ4v) is 3.00. The first-order valence-electron chi connectivity index (χ1n) is 9.60. The Morgan fingerprint density at radius 3 is 2.52 bits per heavy atom. The van der Waals surface area contributed by atoms with Gasteiger partial charge in [0.25, 0.3) is 0 Å². The van der Waals surface area contributed by atoms with Gasteiger partial charge in [-0.3, -0.25) is 4.99 Å². The van der Waals surface area contributed by atoms with Crippen molar-refractivity contribution in [3.63, 3.8) is 0 Å². The molecule has 144 valence electrons. The number of guanidine groups is 1. The lowest BCUT2D eigenvalue weighted by Crippen LogP contribution is -2.42. The van der Waals surface area contributed by atoms with Crippen LogP contribution in [0.1, 0.15) is 47.0 Å². The van der Waals surface area contributed by atoms with Gasteiger partial charge in [0.1, 0.15) is 5.60 Å². The summed E-state index contributed by atoms with van der Waals surface area (Å²) in [6, 6.07) is 0.860. The van der Waals surface area contributed by atoms with Crippen LogP contribution in [0.25, 0.3) is 0 Å². The van der Waals surface area contributed by atoms with Gasteiger partial charge in [0.15, 0.2) is 5.96 Å². The zero-order chi connectivity index (χ0) is 18.3. The molecule has 1 saturated heterocycles. The van der Waals surface area contributed by atoms with E-state index in [2.05, 4.69) is 27.8 Å². The molecule has 1 heterocycles. The minimum Gasteiger partial charge on any atom is -0.444 e. The fraction of sp³-hybridized carbons (Fsp3) is 0.889. The molecule has 1 aliphatic carbocycles. The molecule has 2 aliphatic rings. The van der Waals surface area contributed by atoms with Gasteiger partial charge in [0, 0.05) is 38.8 Å². The molecule has 7 heteroatoms. The molecule has 0 aromatic carbocycles. The molecule has 1 unspecified atom stereocenters. The quantitative estimate of drug-likeness (QED) is 0.368. The summed E-state index contributed by atoms with van der Waals surface area (Å²) in [7, 11) is 0. The molecule has 1 amide bonds. The summed E-state index contributed by atoms with van der Waals surface area (Å²) in [6.07, 6.45) is 3.62. The molecule has 1 atom stereocenters. The summed E-state index contributed by atoms with van der Waals surface area (Å²) >= 11 is 0. The monoisotopic (exact) mass is 353 g/mol. The van der Waals surface area contributed by atoms with E-state index < -0.39 is 5.60 Å². The Kier molecular flexibility index (Phi) is 7.35. The van der Waals surface area contributed by atoms with Crippen molar-refractivity contribution in [2.24, 2.45) is 10.9 Å². The van der Waals surface area contributed by atoms with Gasteiger partial charge >= 0.3 is 6.09 Å².